The lowest BCUT2D eigenvalue weighted by atomic mass is 10.2. The lowest BCUT2D eigenvalue weighted by molar-refractivity contribution is -0.116. The molecule has 3 aromatic rings. The number of hydrogen-bond donors (Lipinski definition) is 2. The highest BCUT2D eigenvalue weighted by Gasteiger charge is 2.15. The van der Waals surface area contributed by atoms with E-state index < -0.39 is 17.0 Å². The Morgan fingerprint density at radius 2 is 1.92 bits per heavy atom. The van der Waals surface area contributed by atoms with Crippen LogP contribution >= 0.6 is 0 Å². The van der Waals surface area contributed by atoms with Crippen molar-refractivity contribution in [2.24, 2.45) is 0 Å². The van der Waals surface area contributed by atoms with Crippen molar-refractivity contribution in [1.29, 1.82) is 0 Å². The lowest BCUT2D eigenvalue weighted by Crippen LogP contribution is -2.38. The van der Waals surface area contributed by atoms with Crippen molar-refractivity contribution in [3.05, 3.63) is 63.2 Å². The maximum absolute atomic E-state index is 12.3. The zero-order valence-electron chi connectivity index (χ0n) is 12.9. The van der Waals surface area contributed by atoms with Crippen LogP contribution in [0, 0.1) is 0 Å². The second-order valence-corrected chi connectivity index (χ2v) is 5.48. The fourth-order valence-electron chi connectivity index (χ4n) is 2.70. The minimum absolute atomic E-state index is 0.140. The molecule has 2 aromatic carbocycles. The summed E-state index contributed by atoms with van der Waals surface area (Å²) in [5.41, 5.74) is -0.0681. The van der Waals surface area contributed by atoms with Gasteiger partial charge in [0.1, 0.15) is 6.54 Å². The van der Waals surface area contributed by atoms with Crippen LogP contribution < -0.4 is 25.9 Å². The Kier molecular flexibility index (Phi) is 3.50. The van der Waals surface area contributed by atoms with Gasteiger partial charge < -0.3 is 19.8 Å². The minimum Gasteiger partial charge on any atom is -0.454 e. The monoisotopic (exact) mass is 339 g/mol. The largest absolute Gasteiger partial charge is 0.454 e. The Bertz CT molecular complexity index is 1100. The third-order valence-electron chi connectivity index (χ3n) is 3.84. The quantitative estimate of drug-likeness (QED) is 0.695. The van der Waals surface area contributed by atoms with Crippen LogP contribution in [0.4, 0.5) is 5.69 Å². The first kappa shape index (κ1) is 15.0. The summed E-state index contributed by atoms with van der Waals surface area (Å²) in [6.07, 6.45) is 0. The summed E-state index contributed by atoms with van der Waals surface area (Å²) in [6.45, 7) is -0.140. The van der Waals surface area contributed by atoms with Crippen molar-refractivity contribution in [2.75, 3.05) is 12.1 Å². The van der Waals surface area contributed by atoms with Gasteiger partial charge in [0.25, 0.3) is 0 Å². The van der Waals surface area contributed by atoms with Crippen LogP contribution in [-0.2, 0) is 11.3 Å². The second-order valence-electron chi connectivity index (χ2n) is 5.48. The number of para-hydroxylation sites is 2. The molecule has 0 bridgehead atoms. The van der Waals surface area contributed by atoms with Crippen molar-refractivity contribution in [2.45, 2.75) is 6.54 Å². The van der Waals surface area contributed by atoms with Gasteiger partial charge in [-0.3, -0.25) is 19.0 Å². The number of aromatic amines is 1. The molecule has 0 radical (unpaired) electrons. The van der Waals surface area contributed by atoms with E-state index in [-0.39, 0.29) is 13.3 Å². The smallest absolute Gasteiger partial charge is 0.317 e. The first-order valence-electron chi connectivity index (χ1n) is 7.53. The topological polar surface area (TPSA) is 102 Å². The Labute approximate surface area is 140 Å². The van der Waals surface area contributed by atoms with Crippen LogP contribution in [0.2, 0.25) is 0 Å². The van der Waals surface area contributed by atoms with Gasteiger partial charge in [-0.1, -0.05) is 12.1 Å². The Balaban J connectivity index is 1.63. The molecule has 1 aromatic heterocycles. The van der Waals surface area contributed by atoms with E-state index in [1.54, 1.807) is 42.5 Å². The third kappa shape index (κ3) is 2.74. The fraction of sp³-hybridized carbons (Fsp3) is 0.118. The summed E-state index contributed by atoms with van der Waals surface area (Å²) >= 11 is 0. The molecule has 0 atom stereocenters. The van der Waals surface area contributed by atoms with Gasteiger partial charge in [0.2, 0.25) is 12.7 Å². The molecule has 0 aliphatic carbocycles. The molecule has 0 saturated carbocycles. The number of fused-ring (bicyclic) bond motifs is 2. The van der Waals surface area contributed by atoms with Gasteiger partial charge in [0, 0.05) is 11.8 Å². The molecule has 0 fully saturated rings. The van der Waals surface area contributed by atoms with Crippen molar-refractivity contribution in [1.82, 2.24) is 9.55 Å². The summed E-state index contributed by atoms with van der Waals surface area (Å²) in [4.78, 5) is 38.7. The molecule has 1 aliphatic heterocycles. The van der Waals surface area contributed by atoms with Crippen molar-refractivity contribution < 1.29 is 14.3 Å². The van der Waals surface area contributed by atoms with Crippen LogP contribution in [0.15, 0.2) is 52.1 Å². The van der Waals surface area contributed by atoms with E-state index in [0.29, 0.717) is 28.2 Å². The number of H-pyrrole nitrogens is 1. The van der Waals surface area contributed by atoms with E-state index in [2.05, 4.69) is 10.3 Å². The number of rotatable bonds is 3. The Hall–Kier alpha value is -3.55. The third-order valence-corrected chi connectivity index (χ3v) is 3.84. The van der Waals surface area contributed by atoms with Crippen LogP contribution in [-0.4, -0.2) is 22.3 Å². The standard InChI is InChI=1S/C17H13N3O5/c21-15(18-10-5-6-13-14(7-10)25-9-24-13)8-20-12-4-2-1-3-11(12)19-16(22)17(20)23/h1-7H,8-9H2,(H,18,21)(H,19,22). The molecule has 0 unspecified atom stereocenters. The van der Waals surface area contributed by atoms with E-state index >= 15 is 0 Å². The number of carbonyl (C=O) groups is 1. The number of amides is 1. The van der Waals surface area contributed by atoms with Gasteiger partial charge in [-0.2, -0.15) is 0 Å². The molecule has 8 nitrogen and oxygen atoms in total. The van der Waals surface area contributed by atoms with Crippen LogP contribution in [0.3, 0.4) is 0 Å². The Morgan fingerprint density at radius 3 is 2.80 bits per heavy atom. The SMILES string of the molecule is O=C(Cn1c(=O)c(=O)[nH]c2ccccc21)Nc1ccc2c(c1)OCO2. The van der Waals surface area contributed by atoms with Crippen molar-refractivity contribution in [3.8, 4) is 11.5 Å². The second kappa shape index (κ2) is 5.82. The summed E-state index contributed by atoms with van der Waals surface area (Å²) in [6, 6.07) is 11.8. The highest BCUT2D eigenvalue weighted by atomic mass is 16.7. The van der Waals surface area contributed by atoms with Gasteiger partial charge in [-0.25, -0.2) is 0 Å². The Morgan fingerprint density at radius 1 is 1.12 bits per heavy atom. The van der Waals surface area contributed by atoms with Gasteiger partial charge in [0.15, 0.2) is 11.5 Å². The average molecular weight is 339 g/mol. The normalized spacial score (nSPS) is 12.3. The maximum atomic E-state index is 12.3. The number of nitrogens with one attached hydrogen (secondary N) is 2. The number of carbonyl (C=O) groups excluding carboxylic acids is 1. The van der Waals surface area contributed by atoms with Crippen molar-refractivity contribution in [3.63, 3.8) is 0 Å². The maximum Gasteiger partial charge on any atom is 0.317 e. The number of nitrogens with zero attached hydrogens (tertiary/aromatic N) is 1. The summed E-state index contributed by atoms with van der Waals surface area (Å²) in [5.74, 6) is 0.711. The molecule has 8 heteroatoms. The molecule has 25 heavy (non-hydrogen) atoms. The molecule has 2 heterocycles. The van der Waals surface area contributed by atoms with Crippen LogP contribution in [0.5, 0.6) is 11.5 Å². The van der Waals surface area contributed by atoms with Gasteiger partial charge in [-0.05, 0) is 24.3 Å². The number of benzene rings is 2. The summed E-state index contributed by atoms with van der Waals surface area (Å²) in [7, 11) is 0. The van der Waals surface area contributed by atoms with Gasteiger partial charge >= 0.3 is 11.1 Å². The van der Waals surface area contributed by atoms with Gasteiger partial charge in [-0.15, -0.1) is 0 Å². The molecule has 1 amide bonds. The zero-order valence-corrected chi connectivity index (χ0v) is 12.9. The van der Waals surface area contributed by atoms with Gasteiger partial charge in [0.05, 0.1) is 11.0 Å². The highest BCUT2D eigenvalue weighted by molar-refractivity contribution is 5.91. The zero-order chi connectivity index (χ0) is 17.4. The molecule has 0 spiro atoms. The lowest BCUT2D eigenvalue weighted by Gasteiger charge is -2.10. The van der Waals surface area contributed by atoms with E-state index in [1.807, 2.05) is 0 Å². The van der Waals surface area contributed by atoms with Crippen LogP contribution in [0.1, 0.15) is 0 Å². The molecule has 1 aliphatic rings. The average Bonchev–Trinajstić information content (AvgIpc) is 3.06. The predicted molar refractivity (Wildman–Crippen MR) is 90.0 cm³/mol. The van der Waals surface area contributed by atoms with E-state index in [4.69, 9.17) is 9.47 Å². The van der Waals surface area contributed by atoms with E-state index in [1.165, 1.54) is 0 Å². The molecule has 4 rings (SSSR count). The molecule has 0 saturated heterocycles. The fourth-order valence-corrected chi connectivity index (χ4v) is 2.70. The van der Waals surface area contributed by atoms with Crippen molar-refractivity contribution >= 4 is 22.6 Å². The highest BCUT2D eigenvalue weighted by Crippen LogP contribution is 2.34. The molecule has 126 valence electrons. The number of anilines is 1. The first-order chi connectivity index (χ1) is 12.1. The molecule has 2 N–H and O–H groups in total. The molecular weight excluding hydrogens is 326 g/mol. The number of ether oxygens (including phenoxy) is 2. The van der Waals surface area contributed by atoms with E-state index in [0.717, 1.165) is 4.57 Å². The minimum atomic E-state index is -0.778. The molecular formula is C17H13N3O5. The number of hydrogen-bond acceptors (Lipinski definition) is 5. The number of aromatic nitrogens is 2. The predicted octanol–water partition coefficient (Wildman–Crippen LogP) is 1.06. The van der Waals surface area contributed by atoms with E-state index in [9.17, 15) is 14.4 Å². The summed E-state index contributed by atoms with van der Waals surface area (Å²) < 4.78 is 11.6. The van der Waals surface area contributed by atoms with Crippen LogP contribution in [0.25, 0.3) is 11.0 Å². The first-order valence-corrected chi connectivity index (χ1v) is 7.53. The summed E-state index contributed by atoms with van der Waals surface area (Å²) in [5, 5.41) is 2.69.